The van der Waals surface area contributed by atoms with Crippen molar-refractivity contribution in [3.63, 3.8) is 0 Å². The number of hydrogen-bond acceptors (Lipinski definition) is 4. The fourth-order valence-corrected chi connectivity index (χ4v) is 5.04. The van der Waals surface area contributed by atoms with Crippen molar-refractivity contribution < 1.29 is 18.7 Å². The van der Waals surface area contributed by atoms with Crippen molar-refractivity contribution in [2.45, 2.75) is 44.8 Å². The van der Waals surface area contributed by atoms with E-state index in [1.165, 1.54) is 12.3 Å². The molecule has 3 heterocycles. The first-order valence-electron chi connectivity index (χ1n) is 10.8. The van der Waals surface area contributed by atoms with Gasteiger partial charge in [-0.2, -0.15) is 0 Å². The number of aromatic nitrogens is 1. The summed E-state index contributed by atoms with van der Waals surface area (Å²) in [5.41, 5.74) is 1.83. The van der Waals surface area contributed by atoms with Gasteiger partial charge in [0.25, 0.3) is 0 Å². The maximum atomic E-state index is 14.2. The number of pyridine rings is 1. The number of carbonyl (C=O) groups is 1. The highest BCUT2D eigenvalue weighted by Crippen LogP contribution is 2.56. The van der Waals surface area contributed by atoms with Gasteiger partial charge in [-0.25, -0.2) is 4.39 Å². The number of carbonyl (C=O) groups excluding carboxylic acids is 1. The van der Waals surface area contributed by atoms with E-state index in [-0.39, 0.29) is 12.5 Å². The third-order valence-electron chi connectivity index (χ3n) is 6.17. The van der Waals surface area contributed by atoms with Crippen molar-refractivity contribution in [1.29, 1.82) is 0 Å². The second-order valence-corrected chi connectivity index (χ2v) is 8.91. The van der Waals surface area contributed by atoms with Gasteiger partial charge in [-0.1, -0.05) is 24.3 Å². The minimum Gasteiger partial charge on any atom is -0.494 e. The summed E-state index contributed by atoms with van der Waals surface area (Å²) < 4.78 is 25.4. The Morgan fingerprint density at radius 3 is 2.69 bits per heavy atom. The lowest BCUT2D eigenvalue weighted by Gasteiger charge is -2.43. The quantitative estimate of drug-likeness (QED) is 0.581. The van der Waals surface area contributed by atoms with Gasteiger partial charge in [-0.05, 0) is 50.6 Å². The number of hydrogen-bond donors (Lipinski definition) is 0. The molecule has 6 heteroatoms. The fourth-order valence-electron chi connectivity index (χ4n) is 5.04. The number of anilines is 1. The fraction of sp³-hybridized carbons (Fsp3) is 0.308. The van der Waals surface area contributed by atoms with E-state index >= 15 is 0 Å². The van der Waals surface area contributed by atoms with Crippen molar-refractivity contribution in [3.8, 4) is 11.5 Å². The molecule has 0 radical (unpaired) electrons. The molecule has 164 valence electrons. The van der Waals surface area contributed by atoms with Crippen LogP contribution in [0.4, 0.5) is 10.1 Å². The summed E-state index contributed by atoms with van der Waals surface area (Å²) in [5, 5.41) is 0. The number of nitrogens with zero attached hydrogens (tertiary/aromatic N) is 2. The summed E-state index contributed by atoms with van der Waals surface area (Å²) >= 11 is 0. The van der Waals surface area contributed by atoms with E-state index in [0.29, 0.717) is 30.2 Å². The number of amides is 1. The summed E-state index contributed by atoms with van der Waals surface area (Å²) in [6.45, 7) is 6.76. The van der Waals surface area contributed by atoms with Gasteiger partial charge >= 0.3 is 0 Å². The van der Waals surface area contributed by atoms with Crippen LogP contribution in [0.2, 0.25) is 0 Å². The summed E-state index contributed by atoms with van der Waals surface area (Å²) in [5.74, 6) is 0.956. The number of rotatable bonds is 4. The van der Waals surface area contributed by atoms with Crippen molar-refractivity contribution >= 4 is 11.6 Å². The second-order valence-electron chi connectivity index (χ2n) is 8.91. The average molecular weight is 432 g/mol. The molecule has 0 N–H and O–H groups in total. The molecule has 1 amide bonds. The zero-order chi connectivity index (χ0) is 22.5. The van der Waals surface area contributed by atoms with Crippen LogP contribution >= 0.6 is 0 Å². The first kappa shape index (κ1) is 20.5. The first-order chi connectivity index (χ1) is 15.3. The van der Waals surface area contributed by atoms with E-state index in [0.717, 1.165) is 16.8 Å². The van der Waals surface area contributed by atoms with E-state index in [4.69, 9.17) is 9.47 Å². The van der Waals surface area contributed by atoms with E-state index < -0.39 is 16.8 Å². The van der Waals surface area contributed by atoms with Crippen LogP contribution in [0.5, 0.6) is 11.5 Å². The van der Waals surface area contributed by atoms with Crippen molar-refractivity contribution in [3.05, 3.63) is 83.4 Å². The Hall–Kier alpha value is -3.41. The molecule has 1 atom stereocenters. The predicted molar refractivity (Wildman–Crippen MR) is 120 cm³/mol. The van der Waals surface area contributed by atoms with Crippen molar-refractivity contribution in [1.82, 2.24) is 4.98 Å². The van der Waals surface area contributed by atoms with Gasteiger partial charge in [0, 0.05) is 23.7 Å². The highest BCUT2D eigenvalue weighted by Gasteiger charge is 2.58. The Morgan fingerprint density at radius 2 is 1.94 bits per heavy atom. The van der Waals surface area contributed by atoms with Crippen LogP contribution < -0.4 is 14.4 Å². The van der Waals surface area contributed by atoms with E-state index in [1.807, 2.05) is 63.2 Å². The van der Waals surface area contributed by atoms with Gasteiger partial charge in [-0.3, -0.25) is 9.78 Å². The van der Waals surface area contributed by atoms with Crippen molar-refractivity contribution in [2.75, 3.05) is 11.5 Å². The monoisotopic (exact) mass is 432 g/mol. The normalized spacial score (nSPS) is 20.6. The molecular weight excluding hydrogens is 407 g/mol. The maximum absolute atomic E-state index is 14.2. The van der Waals surface area contributed by atoms with Crippen LogP contribution in [0.3, 0.4) is 0 Å². The number of benzene rings is 2. The largest absolute Gasteiger partial charge is 0.494 e. The average Bonchev–Trinajstić information content (AvgIpc) is 2.98. The Morgan fingerprint density at radius 1 is 1.12 bits per heavy atom. The standard InChI is InChI=1S/C26H25FN2O3/c1-4-31-19-11-12-21-23(13-19)32-25(2,3)16-26(21)20-7-5-6-8-22(20)29(24(26)30)15-18-10-9-17(27)14-28-18/h5-14H,4,15-16H2,1-3H3. The second kappa shape index (κ2) is 7.33. The Kier molecular flexibility index (Phi) is 4.69. The molecule has 1 spiro atoms. The number of halogens is 1. The predicted octanol–water partition coefficient (Wildman–Crippen LogP) is 5.01. The van der Waals surface area contributed by atoms with Crippen LogP contribution in [0.15, 0.2) is 60.8 Å². The van der Waals surface area contributed by atoms with Gasteiger partial charge in [0.15, 0.2) is 0 Å². The molecule has 2 aliphatic heterocycles. The lowest BCUT2D eigenvalue weighted by molar-refractivity contribution is -0.124. The molecule has 0 aliphatic carbocycles. The number of para-hydroxylation sites is 1. The highest BCUT2D eigenvalue weighted by atomic mass is 19.1. The molecule has 0 saturated carbocycles. The van der Waals surface area contributed by atoms with Crippen LogP contribution in [-0.4, -0.2) is 23.1 Å². The minimum atomic E-state index is -0.877. The molecule has 0 bridgehead atoms. The first-order valence-corrected chi connectivity index (χ1v) is 10.8. The molecule has 1 aromatic heterocycles. The summed E-state index contributed by atoms with van der Waals surface area (Å²) in [7, 11) is 0. The highest BCUT2D eigenvalue weighted by molar-refractivity contribution is 6.11. The third-order valence-corrected chi connectivity index (χ3v) is 6.17. The Bertz CT molecular complexity index is 1190. The van der Waals surface area contributed by atoms with Crippen LogP contribution in [0.1, 0.15) is 44.0 Å². The summed E-state index contributed by atoms with van der Waals surface area (Å²) in [4.78, 5) is 20.1. The molecule has 5 nitrogen and oxygen atoms in total. The van der Waals surface area contributed by atoms with E-state index in [1.54, 1.807) is 11.0 Å². The zero-order valence-corrected chi connectivity index (χ0v) is 18.4. The molecule has 1 unspecified atom stereocenters. The molecule has 5 rings (SSSR count). The third kappa shape index (κ3) is 3.13. The van der Waals surface area contributed by atoms with Crippen LogP contribution in [0.25, 0.3) is 0 Å². The number of ether oxygens (including phenoxy) is 2. The molecule has 0 fully saturated rings. The molecular formula is C26H25FN2O3. The topological polar surface area (TPSA) is 51.7 Å². The van der Waals surface area contributed by atoms with Crippen LogP contribution in [-0.2, 0) is 16.8 Å². The van der Waals surface area contributed by atoms with Gasteiger partial charge in [-0.15, -0.1) is 0 Å². The van der Waals surface area contributed by atoms with Gasteiger partial charge < -0.3 is 14.4 Å². The Balaban J connectivity index is 1.67. The van der Waals surface area contributed by atoms with E-state index in [2.05, 4.69) is 4.98 Å². The van der Waals surface area contributed by atoms with E-state index in [9.17, 15) is 9.18 Å². The molecule has 0 saturated heterocycles. The smallest absolute Gasteiger partial charge is 0.242 e. The SMILES string of the molecule is CCOc1ccc2c(c1)OC(C)(C)CC21C(=O)N(Cc2ccc(F)cn2)c2ccccc21. The van der Waals surface area contributed by atoms with Gasteiger partial charge in [0.2, 0.25) is 5.91 Å². The lowest BCUT2D eigenvalue weighted by Crippen LogP contribution is -2.50. The van der Waals surface area contributed by atoms with Gasteiger partial charge in [0.05, 0.1) is 25.0 Å². The number of fused-ring (bicyclic) bond motifs is 4. The Labute approximate surface area is 186 Å². The molecule has 3 aromatic rings. The van der Waals surface area contributed by atoms with Gasteiger partial charge in [0.1, 0.15) is 28.3 Å². The zero-order valence-electron chi connectivity index (χ0n) is 18.4. The van der Waals surface area contributed by atoms with Crippen molar-refractivity contribution in [2.24, 2.45) is 0 Å². The summed E-state index contributed by atoms with van der Waals surface area (Å²) in [6.07, 6.45) is 1.68. The maximum Gasteiger partial charge on any atom is 0.242 e. The van der Waals surface area contributed by atoms with Crippen LogP contribution in [0, 0.1) is 5.82 Å². The molecule has 2 aliphatic rings. The summed E-state index contributed by atoms with van der Waals surface area (Å²) in [6, 6.07) is 16.6. The molecule has 2 aromatic carbocycles. The lowest BCUT2D eigenvalue weighted by atomic mass is 9.67. The molecule has 32 heavy (non-hydrogen) atoms. The minimum absolute atomic E-state index is 0.0217.